The van der Waals surface area contributed by atoms with E-state index in [0.29, 0.717) is 5.41 Å². The summed E-state index contributed by atoms with van der Waals surface area (Å²) in [7, 11) is 0. The molecule has 422 valence electrons. The summed E-state index contributed by atoms with van der Waals surface area (Å²) in [5, 5.41) is 0. The maximum absolute atomic E-state index is 2.54. The molecule has 0 atom stereocenters. The summed E-state index contributed by atoms with van der Waals surface area (Å²) in [6, 6.07) is 0. The molecule has 0 nitrogen and oxygen atoms in total. The van der Waals surface area contributed by atoms with Crippen LogP contribution in [0.2, 0.25) is 0 Å². The molecule has 0 amide bonds. The lowest BCUT2D eigenvalue weighted by molar-refractivity contribution is -0.0545. The Balaban J connectivity index is 0.000000108. The van der Waals surface area contributed by atoms with Gasteiger partial charge in [-0.2, -0.15) is 0 Å². The zero-order chi connectivity index (χ0) is 51.2. The molecular formula is C73H130. The highest BCUT2D eigenvalue weighted by molar-refractivity contribution is 5.01. The van der Waals surface area contributed by atoms with E-state index in [1.807, 2.05) is 0 Å². The maximum Gasteiger partial charge on any atom is -0.0292 e. The standard InChI is InChI=1S/C14H26.C13H24.C12H20.C12H22.C11H18.C11H20/c1-12-4-6-14(7-5-12)10-8-13(2,3)9-11-14;1-11-7-9-13(10-8-11)12-5-3-2-4-6-12;1-2-12-6-9-3-10(7-12)5-11(4-9)8-12;1-11-5-9-12(10-6-11)7-3-2-4-8-12;1-11-5-8-2-9(6-11)4-10(3-8)7-11;1-10-4-8-11(9-5-10)6-2-3-7-11/h12H,4-11H2,1-3H3;11-13H,2-10H2,1H3;9-11H,2-8H2,1H3;11H,2-10H2,1H3;8-10H,2-7H2,1H3;10H,2-9H2,1H3. The topological polar surface area (TPSA) is 0 Å². The smallest absolute Gasteiger partial charge is 0.0292 e. The van der Waals surface area contributed by atoms with E-state index in [9.17, 15) is 0 Å². The second kappa shape index (κ2) is 25.6. The minimum Gasteiger partial charge on any atom is -0.0649 e. The fourth-order valence-corrected chi connectivity index (χ4v) is 22.1. The Morgan fingerprint density at radius 1 is 0.288 bits per heavy atom. The molecule has 0 radical (unpaired) electrons. The highest BCUT2D eigenvalue weighted by atomic mass is 14.6. The Hall–Kier alpha value is 0. The van der Waals surface area contributed by atoms with Gasteiger partial charge < -0.3 is 0 Å². The average molecular weight is 1010 g/mol. The van der Waals surface area contributed by atoms with Crippen LogP contribution in [0.25, 0.3) is 0 Å². The van der Waals surface area contributed by atoms with Gasteiger partial charge in [-0.25, -0.2) is 0 Å². The van der Waals surface area contributed by atoms with Gasteiger partial charge in [0.1, 0.15) is 0 Å². The van der Waals surface area contributed by atoms with E-state index in [4.69, 9.17) is 0 Å². The summed E-state index contributed by atoms with van der Waals surface area (Å²) in [6.45, 7) is 19.6. The minimum absolute atomic E-state index is 0.647. The molecule has 0 N–H and O–H groups in total. The monoisotopic (exact) mass is 1010 g/mol. The minimum atomic E-state index is 0.647. The van der Waals surface area contributed by atoms with Gasteiger partial charge in [0.25, 0.3) is 0 Å². The molecular weight excluding hydrogens is 877 g/mol. The van der Waals surface area contributed by atoms with E-state index >= 15 is 0 Å². The molecule has 0 aromatic carbocycles. The van der Waals surface area contributed by atoms with E-state index in [1.54, 1.807) is 154 Å². The molecule has 16 rings (SSSR count). The molecule has 0 aliphatic heterocycles. The Morgan fingerprint density at radius 2 is 0.589 bits per heavy atom. The second-order valence-electron chi connectivity index (χ2n) is 33.9. The van der Waals surface area contributed by atoms with Crippen molar-refractivity contribution in [2.24, 2.45) is 104 Å². The van der Waals surface area contributed by atoms with E-state index in [2.05, 4.69) is 55.4 Å². The third kappa shape index (κ3) is 16.1. The zero-order valence-electron chi connectivity index (χ0n) is 51.2. The first-order valence-electron chi connectivity index (χ1n) is 35.0. The van der Waals surface area contributed by atoms with Gasteiger partial charge >= 0.3 is 0 Å². The molecule has 16 fully saturated rings. The fraction of sp³-hybridized carbons (Fsp3) is 1.00. The second-order valence-corrected chi connectivity index (χ2v) is 33.9. The quantitative estimate of drug-likeness (QED) is 0.259. The fourth-order valence-electron chi connectivity index (χ4n) is 22.1. The number of hydrogen-bond acceptors (Lipinski definition) is 0. The predicted octanol–water partition coefficient (Wildman–Crippen LogP) is 23.9. The van der Waals surface area contributed by atoms with Crippen LogP contribution in [0.15, 0.2) is 0 Å². The van der Waals surface area contributed by atoms with Gasteiger partial charge in [0, 0.05) is 0 Å². The summed E-state index contributed by atoms with van der Waals surface area (Å²) < 4.78 is 0. The van der Waals surface area contributed by atoms with Gasteiger partial charge in [-0.15, -0.1) is 0 Å². The maximum atomic E-state index is 2.54. The molecule has 16 aliphatic rings. The number of rotatable bonds is 2. The van der Waals surface area contributed by atoms with E-state index in [1.165, 1.54) is 148 Å². The first kappa shape index (κ1) is 57.7. The van der Waals surface area contributed by atoms with Crippen LogP contribution in [-0.4, -0.2) is 0 Å². The van der Waals surface area contributed by atoms with Crippen LogP contribution < -0.4 is 0 Å². The van der Waals surface area contributed by atoms with Crippen molar-refractivity contribution < 1.29 is 0 Å². The SMILES string of the molecule is CC12CC3CC(CC(C3)C1)C2.CC1CCC(C2CCCCC2)CC1.CC1CCC2(CC1)CCC(C)(C)CC2.CC1CCC2(CCCC2)CC1.CC1CCC2(CCCCC2)CC1.CCC12CC3CC(CC(C3)C1)C2. The predicted molar refractivity (Wildman–Crippen MR) is 319 cm³/mol. The molecule has 0 unspecified atom stereocenters. The molecule has 3 spiro atoms. The van der Waals surface area contributed by atoms with Crippen LogP contribution in [0.1, 0.15) is 357 Å². The van der Waals surface area contributed by atoms with Gasteiger partial charge in [0.05, 0.1) is 0 Å². The third-order valence-electron chi connectivity index (χ3n) is 26.9. The summed E-state index contributed by atoms with van der Waals surface area (Å²) in [5.74, 6) is 13.2. The van der Waals surface area contributed by atoms with Crippen molar-refractivity contribution in [3.8, 4) is 0 Å². The average Bonchev–Trinajstić information content (AvgIpc) is 3.84. The van der Waals surface area contributed by atoms with E-state index in [0.717, 1.165) is 98.1 Å². The Labute approximate surface area is 458 Å². The van der Waals surface area contributed by atoms with E-state index < -0.39 is 0 Å². The first-order chi connectivity index (χ1) is 35.0. The lowest BCUT2D eigenvalue weighted by atomic mass is 9.49. The largest absolute Gasteiger partial charge is 0.0649 e. The van der Waals surface area contributed by atoms with Crippen molar-refractivity contribution in [1.29, 1.82) is 0 Å². The van der Waals surface area contributed by atoms with Crippen molar-refractivity contribution in [2.75, 3.05) is 0 Å². The number of hydrogen-bond donors (Lipinski definition) is 0. The van der Waals surface area contributed by atoms with E-state index in [-0.39, 0.29) is 0 Å². The van der Waals surface area contributed by atoms with Gasteiger partial charge in [-0.1, -0.05) is 177 Å². The third-order valence-corrected chi connectivity index (χ3v) is 26.9. The van der Waals surface area contributed by atoms with Crippen molar-refractivity contribution in [3.63, 3.8) is 0 Å². The van der Waals surface area contributed by atoms with Crippen LogP contribution in [0.5, 0.6) is 0 Å². The lowest BCUT2D eigenvalue weighted by Gasteiger charge is -2.56. The summed E-state index contributed by atoms with van der Waals surface area (Å²) in [4.78, 5) is 0. The highest BCUT2D eigenvalue weighted by Crippen LogP contribution is 2.62. The molecule has 0 heterocycles. The van der Waals surface area contributed by atoms with Crippen molar-refractivity contribution in [1.82, 2.24) is 0 Å². The molecule has 0 aromatic rings. The molecule has 0 saturated heterocycles. The highest BCUT2D eigenvalue weighted by Gasteiger charge is 2.50. The van der Waals surface area contributed by atoms with Gasteiger partial charge in [0.15, 0.2) is 0 Å². The molecule has 8 bridgehead atoms. The molecule has 16 saturated carbocycles. The summed E-state index contributed by atoms with van der Waals surface area (Å²) in [5.41, 5.74) is 4.77. The molecule has 0 heteroatoms. The summed E-state index contributed by atoms with van der Waals surface area (Å²) in [6.07, 6.45) is 72.4. The normalized spacial score (nSPS) is 40.9. The van der Waals surface area contributed by atoms with Crippen LogP contribution in [0.4, 0.5) is 0 Å². The van der Waals surface area contributed by atoms with Crippen molar-refractivity contribution in [3.05, 3.63) is 0 Å². The van der Waals surface area contributed by atoms with Crippen LogP contribution in [-0.2, 0) is 0 Å². The van der Waals surface area contributed by atoms with Crippen LogP contribution >= 0.6 is 0 Å². The van der Waals surface area contributed by atoms with Gasteiger partial charge in [-0.3, -0.25) is 0 Å². The zero-order valence-corrected chi connectivity index (χ0v) is 51.2. The first-order valence-corrected chi connectivity index (χ1v) is 35.0. The Kier molecular flexibility index (Phi) is 20.3. The Morgan fingerprint density at radius 3 is 0.945 bits per heavy atom. The van der Waals surface area contributed by atoms with Crippen LogP contribution in [0, 0.1) is 104 Å². The van der Waals surface area contributed by atoms with Gasteiger partial charge in [0.2, 0.25) is 0 Å². The lowest BCUT2D eigenvalue weighted by Crippen LogP contribution is -2.45. The summed E-state index contributed by atoms with van der Waals surface area (Å²) >= 11 is 0. The molecule has 73 heavy (non-hydrogen) atoms. The Bertz CT molecular complexity index is 1490. The van der Waals surface area contributed by atoms with Crippen molar-refractivity contribution in [2.45, 2.75) is 357 Å². The molecule has 0 aromatic heterocycles. The van der Waals surface area contributed by atoms with Gasteiger partial charge in [-0.05, 0) is 283 Å². The van der Waals surface area contributed by atoms with Crippen molar-refractivity contribution >= 4 is 0 Å². The molecule has 16 aliphatic carbocycles. The van der Waals surface area contributed by atoms with Crippen LogP contribution in [0.3, 0.4) is 0 Å².